The molecule has 1 aliphatic heterocycles. The second-order valence-corrected chi connectivity index (χ2v) is 8.29. The first-order valence-corrected chi connectivity index (χ1v) is 10.0. The second-order valence-electron chi connectivity index (χ2n) is 5.80. The first-order chi connectivity index (χ1) is 11.1. The minimum atomic E-state index is -3.50. The van der Waals surface area contributed by atoms with Crippen LogP contribution in [0.1, 0.15) is 24.4 Å². The van der Waals surface area contributed by atoms with E-state index in [1.54, 1.807) is 16.8 Å². The van der Waals surface area contributed by atoms with Crippen LogP contribution in [0.15, 0.2) is 39.9 Å². The number of hydrogen-bond donors (Lipinski definition) is 1. The van der Waals surface area contributed by atoms with Crippen LogP contribution in [0.5, 0.6) is 11.5 Å². The van der Waals surface area contributed by atoms with Gasteiger partial charge in [0, 0.05) is 11.4 Å². The number of benzene rings is 1. The molecule has 1 atom stereocenters. The van der Waals surface area contributed by atoms with Crippen LogP contribution < -0.4 is 14.2 Å². The Morgan fingerprint density at radius 1 is 1.13 bits per heavy atom. The highest BCUT2D eigenvalue weighted by Gasteiger charge is 2.36. The van der Waals surface area contributed by atoms with Crippen molar-refractivity contribution in [1.29, 1.82) is 0 Å². The van der Waals surface area contributed by atoms with Gasteiger partial charge in [-0.15, -0.1) is 0 Å². The van der Waals surface area contributed by atoms with E-state index < -0.39 is 10.0 Å². The Hall–Kier alpha value is -1.57. The van der Waals surface area contributed by atoms with Crippen molar-refractivity contribution in [3.63, 3.8) is 0 Å². The topological polar surface area (TPSA) is 64.6 Å². The van der Waals surface area contributed by atoms with Crippen LogP contribution in [0.4, 0.5) is 0 Å². The van der Waals surface area contributed by atoms with Gasteiger partial charge in [-0.25, -0.2) is 13.1 Å². The van der Waals surface area contributed by atoms with Gasteiger partial charge in [0.1, 0.15) is 13.2 Å². The van der Waals surface area contributed by atoms with Gasteiger partial charge in [-0.2, -0.15) is 11.3 Å². The summed E-state index contributed by atoms with van der Waals surface area (Å²) in [6.07, 6.45) is 2.07. The maximum absolute atomic E-state index is 12.5. The highest BCUT2D eigenvalue weighted by molar-refractivity contribution is 7.89. The SMILES string of the molecule is O=S(=O)(NC(c1ccc2c(c1)OCCO2)C1CC1)c1ccsc1. The summed E-state index contributed by atoms with van der Waals surface area (Å²) in [5.74, 6) is 1.75. The highest BCUT2D eigenvalue weighted by Crippen LogP contribution is 2.44. The Morgan fingerprint density at radius 3 is 2.61 bits per heavy atom. The molecule has 2 aromatic rings. The summed E-state index contributed by atoms with van der Waals surface area (Å²) in [7, 11) is -3.50. The van der Waals surface area contributed by atoms with Gasteiger partial charge >= 0.3 is 0 Å². The summed E-state index contributed by atoms with van der Waals surface area (Å²) in [6.45, 7) is 1.06. The van der Waals surface area contributed by atoms with Crippen molar-refractivity contribution < 1.29 is 17.9 Å². The number of sulfonamides is 1. The van der Waals surface area contributed by atoms with Gasteiger partial charge in [-0.05, 0) is 47.9 Å². The Bertz CT molecular complexity index is 797. The second kappa shape index (κ2) is 5.81. The van der Waals surface area contributed by atoms with Crippen molar-refractivity contribution in [2.24, 2.45) is 5.92 Å². The molecular weight excluding hydrogens is 334 g/mol. The molecule has 4 rings (SSSR count). The fraction of sp³-hybridized carbons (Fsp3) is 0.375. The lowest BCUT2D eigenvalue weighted by Gasteiger charge is -2.22. The average molecular weight is 351 g/mol. The van der Waals surface area contributed by atoms with E-state index in [0.717, 1.165) is 24.2 Å². The van der Waals surface area contributed by atoms with Crippen LogP contribution in [-0.2, 0) is 10.0 Å². The van der Waals surface area contributed by atoms with Gasteiger partial charge in [-0.1, -0.05) is 6.07 Å². The summed E-state index contributed by atoms with van der Waals surface area (Å²) < 4.78 is 39.1. The summed E-state index contributed by atoms with van der Waals surface area (Å²) in [5.41, 5.74) is 0.926. The van der Waals surface area contributed by atoms with E-state index in [2.05, 4.69) is 4.72 Å². The fourth-order valence-corrected chi connectivity index (χ4v) is 5.08. The molecule has 0 spiro atoms. The van der Waals surface area contributed by atoms with Crippen LogP contribution in [-0.4, -0.2) is 21.6 Å². The molecule has 1 saturated carbocycles. The highest BCUT2D eigenvalue weighted by atomic mass is 32.2. The number of fused-ring (bicyclic) bond motifs is 1. The molecule has 1 fully saturated rings. The lowest BCUT2D eigenvalue weighted by Crippen LogP contribution is -2.30. The Kier molecular flexibility index (Phi) is 3.79. The first kappa shape index (κ1) is 15.0. The predicted molar refractivity (Wildman–Crippen MR) is 87.5 cm³/mol. The third-order valence-corrected chi connectivity index (χ3v) is 6.38. The van der Waals surface area contributed by atoms with Crippen LogP contribution in [0.3, 0.4) is 0 Å². The third kappa shape index (κ3) is 3.08. The normalized spacial score (nSPS) is 18.6. The van der Waals surface area contributed by atoms with E-state index in [9.17, 15) is 8.42 Å². The minimum absolute atomic E-state index is 0.226. The molecule has 7 heteroatoms. The van der Waals surface area contributed by atoms with E-state index in [4.69, 9.17) is 9.47 Å². The molecule has 23 heavy (non-hydrogen) atoms. The zero-order valence-electron chi connectivity index (χ0n) is 12.4. The van der Waals surface area contributed by atoms with Crippen LogP contribution in [0.25, 0.3) is 0 Å². The fourth-order valence-electron chi connectivity index (χ4n) is 2.76. The predicted octanol–water partition coefficient (Wildman–Crippen LogP) is 2.95. The maximum atomic E-state index is 12.5. The molecule has 2 heterocycles. The van der Waals surface area contributed by atoms with Crippen molar-refractivity contribution >= 4 is 21.4 Å². The Morgan fingerprint density at radius 2 is 1.91 bits per heavy atom. The molecule has 2 aliphatic rings. The first-order valence-electron chi connectivity index (χ1n) is 7.57. The van der Waals surface area contributed by atoms with Crippen molar-refractivity contribution in [2.45, 2.75) is 23.8 Å². The molecule has 0 bridgehead atoms. The van der Waals surface area contributed by atoms with Crippen LogP contribution >= 0.6 is 11.3 Å². The molecule has 0 radical (unpaired) electrons. The molecule has 1 aliphatic carbocycles. The van der Waals surface area contributed by atoms with Gasteiger partial charge in [0.15, 0.2) is 11.5 Å². The summed E-state index contributed by atoms with van der Waals surface area (Å²) in [5, 5.41) is 3.42. The summed E-state index contributed by atoms with van der Waals surface area (Å²) in [6, 6.07) is 7.08. The lowest BCUT2D eigenvalue weighted by molar-refractivity contribution is 0.171. The Labute approximate surface area is 139 Å². The third-order valence-electron chi connectivity index (χ3n) is 4.11. The number of thiophene rings is 1. The molecule has 0 amide bonds. The van der Waals surface area contributed by atoms with Gasteiger partial charge in [0.25, 0.3) is 0 Å². The summed E-state index contributed by atoms with van der Waals surface area (Å²) >= 11 is 1.38. The van der Waals surface area contributed by atoms with E-state index >= 15 is 0 Å². The largest absolute Gasteiger partial charge is 0.486 e. The van der Waals surface area contributed by atoms with Gasteiger partial charge < -0.3 is 9.47 Å². The maximum Gasteiger partial charge on any atom is 0.241 e. The van der Waals surface area contributed by atoms with Crippen LogP contribution in [0, 0.1) is 5.92 Å². The van der Waals surface area contributed by atoms with E-state index in [0.29, 0.717) is 29.8 Å². The van der Waals surface area contributed by atoms with E-state index in [-0.39, 0.29) is 6.04 Å². The molecule has 1 N–H and O–H groups in total. The van der Waals surface area contributed by atoms with Crippen LogP contribution in [0.2, 0.25) is 0 Å². The molecule has 0 saturated heterocycles. The molecule has 1 aromatic carbocycles. The quantitative estimate of drug-likeness (QED) is 0.899. The minimum Gasteiger partial charge on any atom is -0.486 e. The van der Waals surface area contributed by atoms with Crippen molar-refractivity contribution in [3.05, 3.63) is 40.6 Å². The molecular formula is C16H17NO4S2. The van der Waals surface area contributed by atoms with Crippen molar-refractivity contribution in [1.82, 2.24) is 4.72 Å². The standard InChI is InChI=1S/C16H17NO4S2/c18-23(19,13-5-8-22-10-13)17-16(11-1-2-11)12-3-4-14-15(9-12)21-7-6-20-14/h3-5,8-11,16-17H,1-2,6-7H2. The number of nitrogens with one attached hydrogen (secondary N) is 1. The van der Waals surface area contributed by atoms with Crippen molar-refractivity contribution in [3.8, 4) is 11.5 Å². The van der Waals surface area contributed by atoms with Gasteiger partial charge in [-0.3, -0.25) is 0 Å². The molecule has 122 valence electrons. The lowest BCUT2D eigenvalue weighted by atomic mass is 10.0. The molecule has 5 nitrogen and oxygen atoms in total. The van der Waals surface area contributed by atoms with Gasteiger partial charge in [0.2, 0.25) is 10.0 Å². The van der Waals surface area contributed by atoms with E-state index in [1.807, 2.05) is 18.2 Å². The number of hydrogen-bond acceptors (Lipinski definition) is 5. The monoisotopic (exact) mass is 351 g/mol. The van der Waals surface area contributed by atoms with E-state index in [1.165, 1.54) is 11.3 Å². The molecule has 1 aromatic heterocycles. The number of ether oxygens (including phenoxy) is 2. The smallest absolute Gasteiger partial charge is 0.241 e. The number of rotatable bonds is 5. The van der Waals surface area contributed by atoms with Gasteiger partial charge in [0.05, 0.1) is 4.90 Å². The zero-order chi connectivity index (χ0) is 15.9. The molecule has 1 unspecified atom stereocenters. The Balaban J connectivity index is 1.64. The van der Waals surface area contributed by atoms with Crippen molar-refractivity contribution in [2.75, 3.05) is 13.2 Å². The summed E-state index contributed by atoms with van der Waals surface area (Å²) in [4.78, 5) is 0.325. The average Bonchev–Trinajstić information content (AvgIpc) is 3.24. The zero-order valence-corrected chi connectivity index (χ0v) is 14.0.